The van der Waals surface area contributed by atoms with Gasteiger partial charge in [-0.05, 0) is 47.3 Å². The molecule has 4 rings (SSSR count). The molecular weight excluding hydrogens is 522 g/mol. The molecule has 1 aromatic carbocycles. The summed E-state index contributed by atoms with van der Waals surface area (Å²) in [5, 5.41) is 3.20. The summed E-state index contributed by atoms with van der Waals surface area (Å²) < 4.78 is 15.0. The van der Waals surface area contributed by atoms with Crippen molar-refractivity contribution in [1.82, 2.24) is 14.5 Å². The van der Waals surface area contributed by atoms with Gasteiger partial charge in [-0.15, -0.1) is 17.9 Å². The number of benzene rings is 1. The number of nitrogens with one attached hydrogen (secondary N) is 1. The van der Waals surface area contributed by atoms with E-state index in [4.69, 9.17) is 9.47 Å². The van der Waals surface area contributed by atoms with Gasteiger partial charge in [-0.3, -0.25) is 14.2 Å². The van der Waals surface area contributed by atoms with E-state index in [9.17, 15) is 14.4 Å². The highest BCUT2D eigenvalue weighted by Gasteiger charge is 2.31. The van der Waals surface area contributed by atoms with Gasteiger partial charge in [0.25, 0.3) is 5.56 Å². The topological polar surface area (TPSA) is 91.6 Å². The number of amides is 1. The van der Waals surface area contributed by atoms with Gasteiger partial charge in [-0.1, -0.05) is 24.3 Å². The van der Waals surface area contributed by atoms with Crippen LogP contribution in [0.1, 0.15) is 36.1 Å². The lowest BCUT2D eigenvalue weighted by Gasteiger charge is -2.25. The second kappa shape index (κ2) is 10.3. The predicted molar refractivity (Wildman–Crippen MR) is 136 cm³/mol. The van der Waals surface area contributed by atoms with Crippen LogP contribution in [-0.4, -0.2) is 35.3 Å². The molecule has 10 heteroatoms. The van der Waals surface area contributed by atoms with E-state index in [2.05, 4.69) is 27.8 Å². The quantitative estimate of drug-likeness (QED) is 0.434. The van der Waals surface area contributed by atoms with Crippen LogP contribution < -0.4 is 21.3 Å². The first-order valence-electron chi connectivity index (χ1n) is 11.0. The summed E-state index contributed by atoms with van der Waals surface area (Å²) >= 11 is 4.84. The van der Waals surface area contributed by atoms with Gasteiger partial charge in [0.2, 0.25) is 5.91 Å². The lowest BCUT2D eigenvalue weighted by Crippen LogP contribution is -2.49. The molecule has 34 heavy (non-hydrogen) atoms. The molecule has 1 N–H and O–H groups in total. The Labute approximate surface area is 208 Å². The summed E-state index contributed by atoms with van der Waals surface area (Å²) in [7, 11) is 1.58. The van der Waals surface area contributed by atoms with Gasteiger partial charge in [-0.25, -0.2) is 9.36 Å². The molecule has 1 fully saturated rings. The lowest BCUT2D eigenvalue weighted by atomic mass is 10.1. The van der Waals surface area contributed by atoms with Crippen molar-refractivity contribution in [1.29, 1.82) is 0 Å². The number of hydrogen-bond donors (Lipinski definition) is 1. The zero-order valence-electron chi connectivity index (χ0n) is 19.0. The summed E-state index contributed by atoms with van der Waals surface area (Å²) in [6.45, 7) is 6.49. The van der Waals surface area contributed by atoms with Crippen molar-refractivity contribution in [3.8, 4) is 5.75 Å². The standard InChI is InChI=1S/C24H26BrN3O5S/c1-4-12-33-18(15-8-5-6-10-17(15)32-3)13-27-23-19(14(2)20(25)34-23)22(30)28(24(27)31)16-9-7-11-26-21(16)29/h4-6,8,10,16,18H,1,7,9,11-13H2,2-3H3,(H,26,29)/t16?,18-/m0/s1. The van der Waals surface area contributed by atoms with Gasteiger partial charge < -0.3 is 14.8 Å². The number of fused-ring (bicyclic) bond motifs is 1. The average molecular weight is 548 g/mol. The van der Waals surface area contributed by atoms with Gasteiger partial charge in [0.15, 0.2) is 0 Å². The molecule has 1 amide bonds. The minimum Gasteiger partial charge on any atom is -0.496 e. The molecule has 2 atom stereocenters. The fourth-order valence-electron chi connectivity index (χ4n) is 4.30. The van der Waals surface area contributed by atoms with Gasteiger partial charge in [0.1, 0.15) is 22.7 Å². The largest absolute Gasteiger partial charge is 0.496 e. The Morgan fingerprint density at radius 1 is 1.32 bits per heavy atom. The zero-order chi connectivity index (χ0) is 24.4. The van der Waals surface area contributed by atoms with E-state index >= 15 is 0 Å². The maximum absolute atomic E-state index is 13.8. The van der Waals surface area contributed by atoms with E-state index < -0.39 is 23.4 Å². The highest BCUT2D eigenvalue weighted by Crippen LogP contribution is 2.35. The van der Waals surface area contributed by atoms with Crippen molar-refractivity contribution >= 4 is 43.4 Å². The van der Waals surface area contributed by atoms with Crippen molar-refractivity contribution in [2.75, 3.05) is 20.3 Å². The van der Waals surface area contributed by atoms with Crippen LogP contribution in [0.5, 0.6) is 5.75 Å². The van der Waals surface area contributed by atoms with Gasteiger partial charge >= 0.3 is 5.69 Å². The molecule has 1 unspecified atom stereocenters. The molecule has 0 spiro atoms. The molecule has 1 saturated heterocycles. The summed E-state index contributed by atoms with van der Waals surface area (Å²) in [6.07, 6.45) is 2.21. The zero-order valence-corrected chi connectivity index (χ0v) is 21.4. The van der Waals surface area contributed by atoms with E-state index in [1.54, 1.807) is 17.8 Å². The van der Waals surface area contributed by atoms with Crippen LogP contribution in [-0.2, 0) is 16.1 Å². The van der Waals surface area contributed by atoms with Crippen LogP contribution in [0, 0.1) is 6.92 Å². The average Bonchev–Trinajstić information content (AvgIpc) is 3.14. The third-order valence-electron chi connectivity index (χ3n) is 6.00. The Morgan fingerprint density at radius 2 is 2.09 bits per heavy atom. The Balaban J connectivity index is 1.94. The van der Waals surface area contributed by atoms with Crippen molar-refractivity contribution in [2.45, 2.75) is 38.5 Å². The molecule has 1 aliphatic heterocycles. The number of hydrogen-bond acceptors (Lipinski definition) is 6. The highest BCUT2D eigenvalue weighted by atomic mass is 79.9. The maximum Gasteiger partial charge on any atom is 0.332 e. The van der Waals surface area contributed by atoms with Gasteiger partial charge in [-0.2, -0.15) is 0 Å². The van der Waals surface area contributed by atoms with E-state index in [1.165, 1.54) is 11.3 Å². The SMILES string of the molecule is C=CCO[C@@H](Cn1c(=O)n(C2CCCNC2=O)c(=O)c2c(C)c(Br)sc21)c1ccccc1OC. The normalized spacial score (nSPS) is 16.9. The first-order chi connectivity index (χ1) is 16.4. The van der Waals surface area contributed by atoms with Crippen molar-refractivity contribution in [3.05, 3.63) is 72.7 Å². The number of nitrogens with zero attached hydrogens (tertiary/aromatic N) is 2. The van der Waals surface area contributed by atoms with Gasteiger partial charge in [0.05, 0.1) is 29.4 Å². The summed E-state index contributed by atoms with van der Waals surface area (Å²) in [5.41, 5.74) is 0.533. The molecular formula is C24H26BrN3O5S. The first-order valence-corrected chi connectivity index (χ1v) is 12.6. The Morgan fingerprint density at radius 3 is 2.79 bits per heavy atom. The summed E-state index contributed by atoms with van der Waals surface area (Å²) in [4.78, 5) is 40.5. The van der Waals surface area contributed by atoms with E-state index in [-0.39, 0.29) is 19.1 Å². The molecule has 0 aliphatic carbocycles. The molecule has 180 valence electrons. The number of thiophene rings is 1. The number of rotatable bonds is 8. The smallest absolute Gasteiger partial charge is 0.332 e. The van der Waals surface area contributed by atoms with E-state index in [0.29, 0.717) is 35.4 Å². The predicted octanol–water partition coefficient (Wildman–Crippen LogP) is 3.70. The van der Waals surface area contributed by atoms with Crippen LogP contribution in [0.15, 0.2) is 50.3 Å². The number of methoxy groups -OCH3 is 1. The third-order valence-corrected chi connectivity index (χ3v) is 8.19. The Bertz CT molecular complexity index is 1360. The van der Waals surface area contributed by atoms with Crippen molar-refractivity contribution in [3.63, 3.8) is 0 Å². The fraction of sp³-hybridized carbons (Fsp3) is 0.375. The van der Waals surface area contributed by atoms with E-state index in [1.807, 2.05) is 31.2 Å². The number of halogens is 1. The van der Waals surface area contributed by atoms with Crippen LogP contribution >= 0.6 is 27.3 Å². The van der Waals surface area contributed by atoms with Crippen LogP contribution in [0.4, 0.5) is 0 Å². The molecule has 0 saturated carbocycles. The fourth-order valence-corrected chi connectivity index (χ4v) is 5.99. The second-order valence-electron chi connectivity index (χ2n) is 8.05. The number of ether oxygens (including phenoxy) is 2. The van der Waals surface area contributed by atoms with Crippen LogP contribution in [0.2, 0.25) is 0 Å². The Hall–Kier alpha value is -2.69. The van der Waals surface area contributed by atoms with Crippen molar-refractivity contribution < 1.29 is 14.3 Å². The summed E-state index contributed by atoms with van der Waals surface area (Å²) in [5.74, 6) is 0.317. The van der Waals surface area contributed by atoms with Crippen LogP contribution in [0.3, 0.4) is 0 Å². The molecule has 0 radical (unpaired) electrons. The number of piperidine rings is 1. The van der Waals surface area contributed by atoms with Crippen molar-refractivity contribution in [2.24, 2.45) is 0 Å². The molecule has 2 aromatic heterocycles. The molecule has 3 heterocycles. The first kappa shape index (κ1) is 24.4. The number of carbonyl (C=O) groups excluding carboxylic acids is 1. The maximum atomic E-state index is 13.8. The summed E-state index contributed by atoms with van der Waals surface area (Å²) in [6, 6.07) is 6.60. The minimum absolute atomic E-state index is 0.130. The Kier molecular flexibility index (Phi) is 7.39. The number of aryl methyl sites for hydroxylation is 1. The molecule has 1 aliphatic rings. The molecule has 8 nitrogen and oxygen atoms in total. The second-order valence-corrected chi connectivity index (χ2v) is 10.4. The third kappa shape index (κ3) is 4.37. The molecule has 0 bridgehead atoms. The van der Waals surface area contributed by atoms with Gasteiger partial charge in [0, 0.05) is 12.1 Å². The highest BCUT2D eigenvalue weighted by molar-refractivity contribution is 9.11. The van der Waals surface area contributed by atoms with E-state index in [0.717, 1.165) is 19.5 Å². The lowest BCUT2D eigenvalue weighted by molar-refractivity contribution is -0.126. The molecule has 3 aromatic rings. The number of carbonyl (C=O) groups is 1. The number of aromatic nitrogens is 2. The minimum atomic E-state index is -0.846. The number of para-hydroxylation sites is 1. The monoisotopic (exact) mass is 547 g/mol. The van der Waals surface area contributed by atoms with Crippen LogP contribution in [0.25, 0.3) is 10.2 Å².